The summed E-state index contributed by atoms with van der Waals surface area (Å²) in [6.45, 7) is 2.86. The number of hydrogen-bond donors (Lipinski definition) is 1. The van der Waals surface area contributed by atoms with E-state index in [2.05, 4.69) is 28.2 Å². The van der Waals surface area contributed by atoms with Gasteiger partial charge in [0.2, 0.25) is 0 Å². The number of aromatic nitrogens is 3. The monoisotopic (exact) mass is 352 g/mol. The van der Waals surface area contributed by atoms with Crippen molar-refractivity contribution < 1.29 is 5.11 Å². The lowest BCUT2D eigenvalue weighted by molar-refractivity contribution is 0.116. The van der Waals surface area contributed by atoms with Crippen LogP contribution in [0.2, 0.25) is 0 Å². The smallest absolute Gasteiger partial charge is 0.350 e. The molecule has 1 fully saturated rings. The van der Waals surface area contributed by atoms with Crippen molar-refractivity contribution in [1.82, 2.24) is 19.1 Å². The molecule has 0 spiro atoms. The van der Waals surface area contributed by atoms with Crippen LogP contribution < -0.4 is 5.69 Å². The van der Waals surface area contributed by atoms with E-state index in [1.54, 1.807) is 11.4 Å². The maximum absolute atomic E-state index is 12.5. The molecule has 1 aliphatic heterocycles. The summed E-state index contributed by atoms with van der Waals surface area (Å²) in [4.78, 5) is 14.8. The zero-order valence-corrected chi connectivity index (χ0v) is 15.0. The van der Waals surface area contributed by atoms with Crippen LogP contribution in [0, 0.1) is 5.92 Å². The molecular formula is C20H24N4O2. The zero-order valence-electron chi connectivity index (χ0n) is 15.0. The van der Waals surface area contributed by atoms with Crippen molar-refractivity contribution in [3.63, 3.8) is 0 Å². The molecule has 136 valence electrons. The predicted octanol–water partition coefficient (Wildman–Crippen LogP) is 1.90. The third-order valence-electron chi connectivity index (χ3n) is 5.20. The Labute approximate surface area is 152 Å². The summed E-state index contributed by atoms with van der Waals surface area (Å²) in [5, 5.41) is 13.9. The maximum atomic E-state index is 12.5. The van der Waals surface area contributed by atoms with Gasteiger partial charge in [0.15, 0.2) is 5.65 Å². The number of hydrogen-bond acceptors (Lipinski definition) is 4. The Hall–Kier alpha value is -2.44. The molecule has 1 saturated heterocycles. The molecule has 6 heteroatoms. The number of aliphatic hydroxyl groups is 1. The molecular weight excluding hydrogens is 328 g/mol. The second kappa shape index (κ2) is 7.05. The van der Waals surface area contributed by atoms with Gasteiger partial charge in [0.05, 0.1) is 0 Å². The molecule has 26 heavy (non-hydrogen) atoms. The van der Waals surface area contributed by atoms with E-state index < -0.39 is 0 Å². The number of rotatable bonds is 4. The number of pyridine rings is 1. The van der Waals surface area contributed by atoms with Crippen LogP contribution in [0.15, 0.2) is 47.4 Å². The average molecular weight is 352 g/mol. The van der Waals surface area contributed by atoms with Crippen molar-refractivity contribution in [3.05, 3.63) is 58.6 Å². The van der Waals surface area contributed by atoms with Gasteiger partial charge < -0.3 is 5.11 Å². The van der Waals surface area contributed by atoms with Gasteiger partial charge in [-0.15, -0.1) is 5.10 Å². The number of aliphatic hydroxyl groups excluding tert-OH is 1. The van der Waals surface area contributed by atoms with Gasteiger partial charge in [0, 0.05) is 38.5 Å². The standard InChI is InChI=1S/C20H24N4O2/c1-22-20(26)24-13-17(16-7-3-2-4-8-16)10-18(19(24)21-22)12-23-9-5-6-15(11-23)14-25/h2-4,7-8,10,13,15,25H,5-6,9,11-12,14H2,1H3. The summed E-state index contributed by atoms with van der Waals surface area (Å²) < 4.78 is 3.03. The Morgan fingerprint density at radius 2 is 2.04 bits per heavy atom. The van der Waals surface area contributed by atoms with Crippen LogP contribution >= 0.6 is 0 Å². The molecule has 0 bridgehead atoms. The minimum absolute atomic E-state index is 0.133. The Balaban J connectivity index is 1.77. The highest BCUT2D eigenvalue weighted by Crippen LogP contribution is 2.24. The van der Waals surface area contributed by atoms with Gasteiger partial charge in [-0.2, -0.15) is 0 Å². The molecule has 3 heterocycles. The molecule has 1 N–H and O–H groups in total. The van der Waals surface area contributed by atoms with E-state index in [4.69, 9.17) is 0 Å². The first-order chi connectivity index (χ1) is 12.7. The van der Waals surface area contributed by atoms with Crippen molar-refractivity contribution in [2.24, 2.45) is 13.0 Å². The van der Waals surface area contributed by atoms with Crippen LogP contribution in [-0.4, -0.2) is 43.9 Å². The maximum Gasteiger partial charge on any atom is 0.350 e. The van der Waals surface area contributed by atoms with Crippen molar-refractivity contribution in [2.45, 2.75) is 19.4 Å². The minimum atomic E-state index is -0.133. The van der Waals surface area contributed by atoms with Crippen molar-refractivity contribution in [3.8, 4) is 11.1 Å². The van der Waals surface area contributed by atoms with Crippen LogP contribution in [0.5, 0.6) is 0 Å². The van der Waals surface area contributed by atoms with Gasteiger partial charge in [0.1, 0.15) is 0 Å². The van der Waals surface area contributed by atoms with Crippen LogP contribution in [-0.2, 0) is 13.6 Å². The van der Waals surface area contributed by atoms with Crippen LogP contribution in [0.4, 0.5) is 0 Å². The highest BCUT2D eigenvalue weighted by molar-refractivity contribution is 5.66. The topological polar surface area (TPSA) is 62.8 Å². The van der Waals surface area contributed by atoms with Gasteiger partial charge in [-0.25, -0.2) is 13.9 Å². The largest absolute Gasteiger partial charge is 0.396 e. The molecule has 0 radical (unpaired) electrons. The molecule has 4 rings (SSSR count). The molecule has 1 atom stereocenters. The van der Waals surface area contributed by atoms with Crippen LogP contribution in [0.1, 0.15) is 18.4 Å². The van der Waals surface area contributed by atoms with Crippen LogP contribution in [0.3, 0.4) is 0 Å². The summed E-state index contributed by atoms with van der Waals surface area (Å²) in [6, 6.07) is 12.2. The van der Waals surface area contributed by atoms with E-state index in [9.17, 15) is 9.90 Å². The summed E-state index contributed by atoms with van der Waals surface area (Å²) in [7, 11) is 1.68. The number of benzene rings is 1. The Kier molecular flexibility index (Phi) is 4.61. The summed E-state index contributed by atoms with van der Waals surface area (Å²) in [5.41, 5.74) is 3.72. The van der Waals surface area contributed by atoms with Gasteiger partial charge in [-0.3, -0.25) is 4.90 Å². The second-order valence-electron chi connectivity index (χ2n) is 7.15. The molecule has 1 aliphatic rings. The van der Waals surface area contributed by atoms with Gasteiger partial charge in [-0.05, 0) is 42.5 Å². The van der Waals surface area contributed by atoms with E-state index in [-0.39, 0.29) is 12.3 Å². The molecule has 0 aliphatic carbocycles. The van der Waals surface area contributed by atoms with E-state index in [0.29, 0.717) is 11.6 Å². The number of likely N-dealkylation sites (tertiary alicyclic amines) is 1. The quantitative estimate of drug-likeness (QED) is 0.779. The van der Waals surface area contributed by atoms with Gasteiger partial charge in [-0.1, -0.05) is 30.3 Å². The summed E-state index contributed by atoms with van der Waals surface area (Å²) in [6.07, 6.45) is 4.04. The SMILES string of the molecule is Cn1nc2c(CN3CCCC(CO)C3)cc(-c3ccccc3)cn2c1=O. The molecule has 0 saturated carbocycles. The van der Waals surface area contributed by atoms with Gasteiger partial charge >= 0.3 is 5.69 Å². The molecule has 1 unspecified atom stereocenters. The second-order valence-corrected chi connectivity index (χ2v) is 7.15. The summed E-state index contributed by atoms with van der Waals surface area (Å²) in [5.74, 6) is 0.336. The first kappa shape index (κ1) is 17.0. The number of aryl methyl sites for hydroxylation is 1. The van der Waals surface area contributed by atoms with E-state index in [0.717, 1.165) is 49.2 Å². The predicted molar refractivity (Wildman–Crippen MR) is 101 cm³/mol. The van der Waals surface area contributed by atoms with E-state index in [1.165, 1.54) is 4.68 Å². The lowest BCUT2D eigenvalue weighted by Gasteiger charge is -2.31. The van der Waals surface area contributed by atoms with Crippen molar-refractivity contribution in [1.29, 1.82) is 0 Å². The highest BCUT2D eigenvalue weighted by Gasteiger charge is 2.21. The lowest BCUT2D eigenvalue weighted by atomic mass is 9.98. The fourth-order valence-electron chi connectivity index (χ4n) is 3.83. The Bertz CT molecular complexity index is 961. The highest BCUT2D eigenvalue weighted by atomic mass is 16.3. The molecule has 1 aromatic carbocycles. The fourth-order valence-corrected chi connectivity index (χ4v) is 3.83. The third-order valence-corrected chi connectivity index (χ3v) is 5.20. The van der Waals surface area contributed by atoms with Crippen molar-refractivity contribution >= 4 is 5.65 Å². The minimum Gasteiger partial charge on any atom is -0.396 e. The van der Waals surface area contributed by atoms with E-state index >= 15 is 0 Å². The lowest BCUT2D eigenvalue weighted by Crippen LogP contribution is -2.36. The Morgan fingerprint density at radius 3 is 2.81 bits per heavy atom. The zero-order chi connectivity index (χ0) is 18.1. The number of nitrogens with zero attached hydrogens (tertiary/aromatic N) is 4. The van der Waals surface area contributed by atoms with Crippen LogP contribution in [0.25, 0.3) is 16.8 Å². The normalized spacial score (nSPS) is 18.5. The van der Waals surface area contributed by atoms with Gasteiger partial charge in [0.25, 0.3) is 0 Å². The fraction of sp³-hybridized carbons (Fsp3) is 0.400. The molecule has 6 nitrogen and oxygen atoms in total. The third kappa shape index (κ3) is 3.18. The number of fused-ring (bicyclic) bond motifs is 1. The average Bonchev–Trinajstić information content (AvgIpc) is 2.97. The first-order valence-electron chi connectivity index (χ1n) is 9.12. The van der Waals surface area contributed by atoms with Crippen molar-refractivity contribution in [2.75, 3.05) is 19.7 Å². The molecule has 0 amide bonds. The summed E-state index contributed by atoms with van der Waals surface area (Å²) >= 11 is 0. The van der Waals surface area contributed by atoms with E-state index in [1.807, 2.05) is 24.4 Å². The molecule has 2 aromatic heterocycles. The molecule has 3 aromatic rings. The first-order valence-corrected chi connectivity index (χ1v) is 9.12. The number of piperidine rings is 1. The Morgan fingerprint density at radius 1 is 1.23 bits per heavy atom.